The molecule has 4 rings (SSSR count). The van der Waals surface area contributed by atoms with Crippen molar-refractivity contribution in [2.24, 2.45) is 0 Å². The fourth-order valence-electron chi connectivity index (χ4n) is 3.09. The van der Waals surface area contributed by atoms with Crippen molar-refractivity contribution < 1.29 is 4.52 Å². The van der Waals surface area contributed by atoms with E-state index in [4.69, 9.17) is 4.52 Å². The van der Waals surface area contributed by atoms with Gasteiger partial charge in [0.2, 0.25) is 5.89 Å². The second-order valence-corrected chi connectivity index (χ2v) is 7.42. The molecule has 6 heteroatoms. The zero-order valence-electron chi connectivity index (χ0n) is 12.5. The van der Waals surface area contributed by atoms with Crippen LogP contribution in [0.2, 0.25) is 0 Å². The molecule has 3 heterocycles. The Hall–Kier alpha value is -1.27. The van der Waals surface area contributed by atoms with Crippen LogP contribution in [-0.2, 0) is 6.54 Å². The average molecular weight is 304 g/mol. The summed E-state index contributed by atoms with van der Waals surface area (Å²) >= 11 is 1.80. The van der Waals surface area contributed by atoms with E-state index in [0.29, 0.717) is 12.0 Å². The van der Waals surface area contributed by atoms with Crippen molar-refractivity contribution in [3.8, 4) is 0 Å². The van der Waals surface area contributed by atoms with Crippen LogP contribution in [0.25, 0.3) is 0 Å². The minimum Gasteiger partial charge on any atom is -0.339 e. The molecule has 21 heavy (non-hydrogen) atoms. The Kier molecular flexibility index (Phi) is 3.30. The Morgan fingerprint density at radius 2 is 2.10 bits per heavy atom. The van der Waals surface area contributed by atoms with E-state index >= 15 is 0 Å². The molecule has 0 spiro atoms. The Bertz CT molecular complexity index is 646. The van der Waals surface area contributed by atoms with Gasteiger partial charge < -0.3 is 4.52 Å². The molecule has 1 saturated carbocycles. The summed E-state index contributed by atoms with van der Waals surface area (Å²) in [6, 6.07) is 0.308. The van der Waals surface area contributed by atoms with Crippen molar-refractivity contribution in [1.29, 1.82) is 0 Å². The van der Waals surface area contributed by atoms with Gasteiger partial charge in [0.05, 0.1) is 16.7 Å². The zero-order chi connectivity index (χ0) is 14.4. The molecule has 2 aromatic heterocycles. The summed E-state index contributed by atoms with van der Waals surface area (Å²) in [5.74, 6) is 2.27. The van der Waals surface area contributed by atoms with E-state index in [1.165, 1.54) is 24.1 Å². The van der Waals surface area contributed by atoms with Crippen molar-refractivity contribution in [3.63, 3.8) is 0 Å². The van der Waals surface area contributed by atoms with Gasteiger partial charge in [-0.15, -0.1) is 11.3 Å². The lowest BCUT2D eigenvalue weighted by atomic mass is 10.2. The molecule has 0 unspecified atom stereocenters. The summed E-state index contributed by atoms with van der Waals surface area (Å²) in [7, 11) is 0. The number of aromatic nitrogens is 3. The molecule has 0 radical (unpaired) electrons. The van der Waals surface area contributed by atoms with E-state index in [9.17, 15) is 0 Å². The molecule has 5 nitrogen and oxygen atoms in total. The predicted molar refractivity (Wildman–Crippen MR) is 80.2 cm³/mol. The van der Waals surface area contributed by atoms with Crippen LogP contribution >= 0.6 is 11.3 Å². The molecule has 0 bridgehead atoms. The minimum absolute atomic E-state index is 0.308. The minimum atomic E-state index is 0.308. The van der Waals surface area contributed by atoms with E-state index in [-0.39, 0.29) is 0 Å². The van der Waals surface area contributed by atoms with E-state index in [2.05, 4.69) is 33.9 Å². The predicted octanol–water partition coefficient (Wildman–Crippen LogP) is 3.36. The molecular formula is C15H20N4OS. The Morgan fingerprint density at radius 3 is 2.81 bits per heavy atom. The first-order valence-electron chi connectivity index (χ1n) is 7.71. The first-order valence-corrected chi connectivity index (χ1v) is 8.53. The number of nitrogens with zero attached hydrogens (tertiary/aromatic N) is 4. The quantitative estimate of drug-likeness (QED) is 0.867. The van der Waals surface area contributed by atoms with E-state index in [0.717, 1.165) is 41.9 Å². The summed E-state index contributed by atoms with van der Waals surface area (Å²) in [6.45, 7) is 6.23. The van der Waals surface area contributed by atoms with Crippen molar-refractivity contribution in [2.45, 2.75) is 58.0 Å². The van der Waals surface area contributed by atoms with Crippen LogP contribution < -0.4 is 0 Å². The fourth-order valence-corrected chi connectivity index (χ4v) is 4.05. The number of hydrogen-bond acceptors (Lipinski definition) is 6. The summed E-state index contributed by atoms with van der Waals surface area (Å²) in [5.41, 5.74) is 1.16. The van der Waals surface area contributed by atoms with Crippen molar-refractivity contribution in [1.82, 2.24) is 20.0 Å². The SMILES string of the molecule is Cc1nc(C)c(CN2CCC[C@@H]2c2noc(C3CC3)n2)s1. The summed E-state index contributed by atoms with van der Waals surface area (Å²) in [6.07, 6.45) is 4.74. The number of aryl methyl sites for hydroxylation is 2. The third kappa shape index (κ3) is 2.62. The van der Waals surface area contributed by atoms with Crippen molar-refractivity contribution in [3.05, 3.63) is 27.3 Å². The maximum Gasteiger partial charge on any atom is 0.229 e. The maximum absolute atomic E-state index is 5.43. The maximum atomic E-state index is 5.43. The highest BCUT2D eigenvalue weighted by Gasteiger charge is 2.34. The smallest absolute Gasteiger partial charge is 0.229 e. The number of rotatable bonds is 4. The molecule has 1 atom stereocenters. The van der Waals surface area contributed by atoms with Crippen LogP contribution in [0, 0.1) is 13.8 Å². The van der Waals surface area contributed by atoms with Gasteiger partial charge in [-0.25, -0.2) is 4.98 Å². The van der Waals surface area contributed by atoms with Crippen LogP contribution in [0.15, 0.2) is 4.52 Å². The number of thiazole rings is 1. The molecule has 1 saturated heterocycles. The van der Waals surface area contributed by atoms with Crippen LogP contribution in [0.1, 0.15) is 64.9 Å². The molecule has 2 fully saturated rings. The monoisotopic (exact) mass is 304 g/mol. The number of hydrogen-bond donors (Lipinski definition) is 0. The molecule has 2 aromatic rings. The first kappa shape index (κ1) is 13.4. The lowest BCUT2D eigenvalue weighted by Crippen LogP contribution is -2.23. The van der Waals surface area contributed by atoms with E-state index < -0.39 is 0 Å². The van der Waals surface area contributed by atoms with E-state index in [1.807, 2.05) is 0 Å². The van der Waals surface area contributed by atoms with Gasteiger partial charge in [-0.1, -0.05) is 5.16 Å². The normalized spacial score (nSPS) is 23.0. The standard InChI is InChI=1S/C15H20N4OS/c1-9-13(21-10(2)16-9)8-19-7-3-4-12(19)14-17-15(20-18-14)11-5-6-11/h11-12H,3-8H2,1-2H3/t12-/m1/s1. The molecule has 112 valence electrons. The molecule has 1 aliphatic carbocycles. The van der Waals surface area contributed by atoms with Gasteiger partial charge in [0, 0.05) is 17.3 Å². The second-order valence-electron chi connectivity index (χ2n) is 6.14. The van der Waals surface area contributed by atoms with Gasteiger partial charge in [-0.3, -0.25) is 4.90 Å². The molecule has 1 aliphatic heterocycles. The highest BCUT2D eigenvalue weighted by molar-refractivity contribution is 7.11. The van der Waals surface area contributed by atoms with Crippen molar-refractivity contribution in [2.75, 3.05) is 6.54 Å². The molecule has 0 aromatic carbocycles. The molecule has 0 N–H and O–H groups in total. The molecule has 2 aliphatic rings. The fraction of sp³-hybridized carbons (Fsp3) is 0.667. The Labute approximate surface area is 128 Å². The highest BCUT2D eigenvalue weighted by Crippen LogP contribution is 2.40. The van der Waals surface area contributed by atoms with Gasteiger partial charge in [-0.05, 0) is 46.1 Å². The van der Waals surface area contributed by atoms with Crippen LogP contribution in [0.5, 0.6) is 0 Å². The van der Waals surface area contributed by atoms with Crippen molar-refractivity contribution >= 4 is 11.3 Å². The topological polar surface area (TPSA) is 55.1 Å². The van der Waals surface area contributed by atoms with Gasteiger partial charge in [0.25, 0.3) is 0 Å². The third-order valence-electron chi connectivity index (χ3n) is 4.39. The summed E-state index contributed by atoms with van der Waals surface area (Å²) in [5, 5.41) is 5.39. The largest absolute Gasteiger partial charge is 0.339 e. The second kappa shape index (κ2) is 5.18. The highest BCUT2D eigenvalue weighted by atomic mass is 32.1. The average Bonchev–Trinajstić information content (AvgIpc) is 2.88. The van der Waals surface area contributed by atoms with Crippen LogP contribution in [-0.4, -0.2) is 26.6 Å². The van der Waals surface area contributed by atoms with Crippen LogP contribution in [0.4, 0.5) is 0 Å². The summed E-state index contributed by atoms with van der Waals surface area (Å²) in [4.78, 5) is 13.0. The van der Waals surface area contributed by atoms with Gasteiger partial charge >= 0.3 is 0 Å². The summed E-state index contributed by atoms with van der Waals surface area (Å²) < 4.78 is 5.43. The van der Waals surface area contributed by atoms with Gasteiger partial charge in [0.1, 0.15) is 0 Å². The molecular weight excluding hydrogens is 284 g/mol. The zero-order valence-corrected chi connectivity index (χ0v) is 13.3. The first-order chi connectivity index (χ1) is 10.2. The van der Waals surface area contributed by atoms with Gasteiger partial charge in [-0.2, -0.15) is 4.98 Å². The van der Waals surface area contributed by atoms with Crippen LogP contribution in [0.3, 0.4) is 0 Å². The van der Waals surface area contributed by atoms with E-state index in [1.54, 1.807) is 11.3 Å². The van der Waals surface area contributed by atoms with Gasteiger partial charge in [0.15, 0.2) is 5.82 Å². The Balaban J connectivity index is 1.52. The Morgan fingerprint density at radius 1 is 1.24 bits per heavy atom. The lowest BCUT2D eigenvalue weighted by molar-refractivity contribution is 0.235. The molecule has 0 amide bonds. The lowest BCUT2D eigenvalue weighted by Gasteiger charge is -2.21. The number of likely N-dealkylation sites (tertiary alicyclic amines) is 1. The third-order valence-corrected chi connectivity index (χ3v) is 5.45.